The standard InChI is InChI=1S/C18H22N6O/c1-24-11-6-15(18(24)25)22-17-13-4-9-20-10-5-14(13)21-16(23-17)12-2-7-19-8-3-12/h2-3,7-8,15,20H,4-6,9-11H2,1H3,(H,21,22,23). The normalized spacial score (nSPS) is 20.3. The van der Waals surface area contributed by atoms with Crippen molar-refractivity contribution in [1.82, 2.24) is 25.2 Å². The molecule has 0 aliphatic carbocycles. The number of likely N-dealkylation sites (N-methyl/N-ethyl adjacent to an activating group) is 1. The van der Waals surface area contributed by atoms with Crippen molar-refractivity contribution in [3.05, 3.63) is 35.8 Å². The van der Waals surface area contributed by atoms with Crippen LogP contribution in [0.5, 0.6) is 0 Å². The second kappa shape index (κ2) is 6.76. The van der Waals surface area contributed by atoms with Crippen LogP contribution in [-0.4, -0.2) is 58.5 Å². The molecule has 2 aromatic rings. The van der Waals surface area contributed by atoms with Crippen LogP contribution < -0.4 is 10.6 Å². The van der Waals surface area contributed by atoms with E-state index >= 15 is 0 Å². The van der Waals surface area contributed by atoms with Gasteiger partial charge in [-0.25, -0.2) is 9.97 Å². The van der Waals surface area contributed by atoms with Gasteiger partial charge in [0.15, 0.2) is 5.82 Å². The zero-order valence-electron chi connectivity index (χ0n) is 14.3. The molecule has 4 heterocycles. The number of nitrogens with zero attached hydrogens (tertiary/aromatic N) is 4. The maximum atomic E-state index is 12.3. The molecule has 1 saturated heterocycles. The Hall–Kier alpha value is -2.54. The molecular formula is C18H22N6O. The number of pyridine rings is 1. The van der Waals surface area contributed by atoms with Gasteiger partial charge in [-0.1, -0.05) is 0 Å². The first-order chi connectivity index (χ1) is 12.2. The first-order valence-corrected chi connectivity index (χ1v) is 8.75. The fourth-order valence-electron chi connectivity index (χ4n) is 3.42. The molecule has 1 unspecified atom stereocenters. The Morgan fingerprint density at radius 1 is 1.20 bits per heavy atom. The zero-order valence-corrected chi connectivity index (χ0v) is 14.3. The minimum absolute atomic E-state index is 0.129. The lowest BCUT2D eigenvalue weighted by molar-refractivity contribution is -0.127. The van der Waals surface area contributed by atoms with Crippen molar-refractivity contribution in [2.24, 2.45) is 0 Å². The van der Waals surface area contributed by atoms with Gasteiger partial charge in [0.1, 0.15) is 11.9 Å². The molecule has 4 rings (SSSR count). The van der Waals surface area contributed by atoms with E-state index in [9.17, 15) is 4.79 Å². The summed E-state index contributed by atoms with van der Waals surface area (Å²) in [7, 11) is 1.84. The van der Waals surface area contributed by atoms with E-state index in [4.69, 9.17) is 9.97 Å². The Kier molecular flexibility index (Phi) is 4.31. The van der Waals surface area contributed by atoms with E-state index in [1.165, 1.54) is 0 Å². The Bertz CT molecular complexity index is 779. The monoisotopic (exact) mass is 338 g/mol. The van der Waals surface area contributed by atoms with Crippen LogP contribution in [-0.2, 0) is 17.6 Å². The van der Waals surface area contributed by atoms with Crippen LogP contribution in [0.3, 0.4) is 0 Å². The second-order valence-electron chi connectivity index (χ2n) is 6.55. The number of likely N-dealkylation sites (tertiary alicyclic amines) is 1. The number of hydrogen-bond donors (Lipinski definition) is 2. The van der Waals surface area contributed by atoms with Crippen molar-refractivity contribution in [2.45, 2.75) is 25.3 Å². The minimum Gasteiger partial charge on any atom is -0.358 e. The van der Waals surface area contributed by atoms with E-state index in [1.807, 2.05) is 19.2 Å². The van der Waals surface area contributed by atoms with Crippen molar-refractivity contribution in [3.8, 4) is 11.4 Å². The van der Waals surface area contributed by atoms with Crippen LogP contribution in [0.1, 0.15) is 17.7 Å². The van der Waals surface area contributed by atoms with Gasteiger partial charge in [0.25, 0.3) is 0 Å². The highest BCUT2D eigenvalue weighted by Gasteiger charge is 2.30. The predicted molar refractivity (Wildman–Crippen MR) is 95.2 cm³/mol. The number of amides is 1. The van der Waals surface area contributed by atoms with Gasteiger partial charge in [0, 0.05) is 50.1 Å². The maximum absolute atomic E-state index is 12.3. The molecule has 2 aromatic heterocycles. The molecule has 7 nitrogen and oxygen atoms in total. The molecular weight excluding hydrogens is 316 g/mol. The molecule has 1 atom stereocenters. The minimum atomic E-state index is -0.203. The van der Waals surface area contributed by atoms with E-state index in [1.54, 1.807) is 17.3 Å². The number of rotatable bonds is 3. The summed E-state index contributed by atoms with van der Waals surface area (Å²) in [5.41, 5.74) is 3.13. The fraction of sp³-hybridized carbons (Fsp3) is 0.444. The largest absolute Gasteiger partial charge is 0.358 e. The molecule has 0 spiro atoms. The van der Waals surface area contributed by atoms with E-state index in [0.29, 0.717) is 5.82 Å². The average Bonchev–Trinajstić information content (AvgIpc) is 2.84. The van der Waals surface area contributed by atoms with Gasteiger partial charge in [0.2, 0.25) is 5.91 Å². The van der Waals surface area contributed by atoms with Crippen molar-refractivity contribution < 1.29 is 4.79 Å². The first-order valence-electron chi connectivity index (χ1n) is 8.75. The fourth-order valence-corrected chi connectivity index (χ4v) is 3.42. The SMILES string of the molecule is CN1CCC(Nc2nc(-c3ccncc3)nc3c2CCNCC3)C1=O. The first kappa shape index (κ1) is 16.0. The summed E-state index contributed by atoms with van der Waals surface area (Å²) in [5.74, 6) is 1.61. The highest BCUT2D eigenvalue weighted by atomic mass is 16.2. The van der Waals surface area contributed by atoms with Gasteiger partial charge in [-0.05, 0) is 31.5 Å². The molecule has 0 aromatic carbocycles. The molecule has 1 fully saturated rings. The number of hydrogen-bond acceptors (Lipinski definition) is 6. The second-order valence-corrected chi connectivity index (χ2v) is 6.55. The molecule has 130 valence electrons. The van der Waals surface area contributed by atoms with Crippen molar-refractivity contribution in [3.63, 3.8) is 0 Å². The van der Waals surface area contributed by atoms with Crippen molar-refractivity contribution in [1.29, 1.82) is 0 Å². The van der Waals surface area contributed by atoms with Crippen LogP contribution in [0.15, 0.2) is 24.5 Å². The average molecular weight is 338 g/mol. The lowest BCUT2D eigenvalue weighted by Crippen LogP contribution is -2.32. The molecule has 2 aliphatic rings. The molecule has 2 N–H and O–H groups in total. The third kappa shape index (κ3) is 3.19. The van der Waals surface area contributed by atoms with Crippen LogP contribution in [0.2, 0.25) is 0 Å². The van der Waals surface area contributed by atoms with Crippen molar-refractivity contribution in [2.75, 3.05) is 32.0 Å². The topological polar surface area (TPSA) is 83.0 Å². The van der Waals surface area contributed by atoms with Crippen LogP contribution in [0.25, 0.3) is 11.4 Å². The van der Waals surface area contributed by atoms with Gasteiger partial charge in [-0.2, -0.15) is 0 Å². The molecule has 2 aliphatic heterocycles. The highest BCUT2D eigenvalue weighted by molar-refractivity contribution is 5.86. The molecule has 25 heavy (non-hydrogen) atoms. The summed E-state index contributed by atoms with van der Waals surface area (Å²) < 4.78 is 0. The van der Waals surface area contributed by atoms with E-state index in [2.05, 4.69) is 15.6 Å². The summed E-state index contributed by atoms with van der Waals surface area (Å²) in [6.45, 7) is 2.59. The van der Waals surface area contributed by atoms with Crippen LogP contribution >= 0.6 is 0 Å². The zero-order chi connectivity index (χ0) is 17.2. The molecule has 0 saturated carbocycles. The van der Waals surface area contributed by atoms with Crippen LogP contribution in [0, 0.1) is 0 Å². The Morgan fingerprint density at radius 3 is 2.76 bits per heavy atom. The van der Waals surface area contributed by atoms with Gasteiger partial charge in [-0.3, -0.25) is 9.78 Å². The van der Waals surface area contributed by atoms with E-state index in [-0.39, 0.29) is 11.9 Å². The van der Waals surface area contributed by atoms with Gasteiger partial charge < -0.3 is 15.5 Å². The quantitative estimate of drug-likeness (QED) is 0.864. The van der Waals surface area contributed by atoms with Gasteiger partial charge >= 0.3 is 0 Å². The number of carbonyl (C=O) groups excluding carboxylic acids is 1. The number of carbonyl (C=O) groups is 1. The molecule has 1 amide bonds. The van der Waals surface area contributed by atoms with Gasteiger partial charge in [0.05, 0.1) is 5.69 Å². The third-order valence-electron chi connectivity index (χ3n) is 4.86. The number of nitrogens with one attached hydrogen (secondary N) is 2. The summed E-state index contributed by atoms with van der Waals surface area (Å²) in [6.07, 6.45) is 6.02. The lowest BCUT2D eigenvalue weighted by Gasteiger charge is -2.18. The summed E-state index contributed by atoms with van der Waals surface area (Å²) in [6, 6.07) is 3.62. The summed E-state index contributed by atoms with van der Waals surface area (Å²) >= 11 is 0. The number of anilines is 1. The smallest absolute Gasteiger partial charge is 0.244 e. The highest BCUT2D eigenvalue weighted by Crippen LogP contribution is 2.26. The number of fused-ring (bicyclic) bond motifs is 1. The lowest BCUT2D eigenvalue weighted by atomic mass is 10.1. The van der Waals surface area contributed by atoms with Crippen LogP contribution in [0.4, 0.5) is 5.82 Å². The molecule has 0 radical (unpaired) electrons. The third-order valence-corrected chi connectivity index (χ3v) is 4.86. The van der Waals surface area contributed by atoms with E-state index in [0.717, 1.165) is 61.5 Å². The Labute approximate surface area is 146 Å². The molecule has 7 heteroatoms. The van der Waals surface area contributed by atoms with Crippen molar-refractivity contribution >= 4 is 11.7 Å². The number of aromatic nitrogens is 3. The maximum Gasteiger partial charge on any atom is 0.244 e. The predicted octanol–water partition coefficient (Wildman–Crippen LogP) is 0.869. The Morgan fingerprint density at radius 2 is 2.00 bits per heavy atom. The van der Waals surface area contributed by atoms with Gasteiger partial charge in [-0.15, -0.1) is 0 Å². The van der Waals surface area contributed by atoms with E-state index < -0.39 is 0 Å². The summed E-state index contributed by atoms with van der Waals surface area (Å²) in [4.78, 5) is 27.7. The molecule has 0 bridgehead atoms. The Balaban J connectivity index is 1.74. The summed E-state index contributed by atoms with van der Waals surface area (Å²) in [5, 5.41) is 6.81.